The van der Waals surface area contributed by atoms with Gasteiger partial charge in [0.1, 0.15) is 0 Å². The lowest BCUT2D eigenvalue weighted by atomic mass is 10.1. The summed E-state index contributed by atoms with van der Waals surface area (Å²) in [6.45, 7) is 9.95. The number of nitrogens with zero attached hydrogens (tertiary/aromatic N) is 3. The number of rotatable bonds is 4. The molecule has 1 heterocycles. The zero-order valence-electron chi connectivity index (χ0n) is 12.0. The van der Waals surface area contributed by atoms with E-state index in [1.165, 1.54) is 6.42 Å². The summed E-state index contributed by atoms with van der Waals surface area (Å²) >= 11 is 0. The number of nitriles is 1. The van der Waals surface area contributed by atoms with Crippen LogP contribution < -0.4 is 0 Å². The molecule has 0 bridgehead atoms. The number of benzene rings is 1. The van der Waals surface area contributed by atoms with Gasteiger partial charge < -0.3 is 0 Å². The van der Waals surface area contributed by atoms with E-state index in [-0.39, 0.29) is 0 Å². The molecule has 1 aromatic rings. The summed E-state index contributed by atoms with van der Waals surface area (Å²) < 4.78 is 0. The number of hydrogen-bond donors (Lipinski definition) is 0. The van der Waals surface area contributed by atoms with Crippen LogP contribution in [0, 0.1) is 11.3 Å². The zero-order valence-corrected chi connectivity index (χ0v) is 12.0. The quantitative estimate of drug-likeness (QED) is 0.830. The van der Waals surface area contributed by atoms with Crippen molar-refractivity contribution in [2.75, 3.05) is 26.2 Å². The first-order valence-electron chi connectivity index (χ1n) is 7.19. The van der Waals surface area contributed by atoms with Crippen LogP contribution >= 0.6 is 0 Å². The standard InChI is InChI=1S/C16H23N3/c1-3-14(2)19-10-8-18(9-11-19)13-16-7-5-4-6-15(16)12-17/h4-7,14H,3,8-11,13H2,1-2H3. The van der Waals surface area contributed by atoms with E-state index in [0.717, 1.165) is 43.9 Å². The summed E-state index contributed by atoms with van der Waals surface area (Å²) in [6, 6.07) is 10.9. The second kappa shape index (κ2) is 6.70. The summed E-state index contributed by atoms with van der Waals surface area (Å²) in [4.78, 5) is 5.02. The Balaban J connectivity index is 1.91. The van der Waals surface area contributed by atoms with E-state index in [9.17, 15) is 0 Å². The van der Waals surface area contributed by atoms with Crippen LogP contribution in [0.1, 0.15) is 31.4 Å². The Morgan fingerprint density at radius 2 is 1.89 bits per heavy atom. The van der Waals surface area contributed by atoms with Gasteiger partial charge in [-0.05, 0) is 25.0 Å². The van der Waals surface area contributed by atoms with Crippen molar-refractivity contribution >= 4 is 0 Å². The molecule has 0 spiro atoms. The van der Waals surface area contributed by atoms with Crippen molar-refractivity contribution in [3.63, 3.8) is 0 Å². The molecule has 0 radical (unpaired) electrons. The predicted octanol–water partition coefficient (Wildman–Crippen LogP) is 2.47. The zero-order chi connectivity index (χ0) is 13.7. The maximum atomic E-state index is 9.12. The van der Waals surface area contributed by atoms with Gasteiger partial charge in [0.25, 0.3) is 0 Å². The molecule has 1 aliphatic heterocycles. The predicted molar refractivity (Wildman–Crippen MR) is 77.8 cm³/mol. The van der Waals surface area contributed by atoms with Crippen LogP contribution in [0.25, 0.3) is 0 Å². The molecule has 0 saturated carbocycles. The molecule has 1 atom stereocenters. The highest BCUT2D eigenvalue weighted by atomic mass is 15.3. The molecule has 1 aromatic carbocycles. The monoisotopic (exact) mass is 257 g/mol. The summed E-state index contributed by atoms with van der Waals surface area (Å²) in [6.07, 6.45) is 1.22. The topological polar surface area (TPSA) is 30.3 Å². The lowest BCUT2D eigenvalue weighted by molar-refractivity contribution is 0.0963. The average molecular weight is 257 g/mol. The minimum absolute atomic E-state index is 0.688. The van der Waals surface area contributed by atoms with Crippen LogP contribution in [0.2, 0.25) is 0 Å². The second-order valence-electron chi connectivity index (χ2n) is 5.34. The number of piperazine rings is 1. The molecule has 1 aliphatic rings. The van der Waals surface area contributed by atoms with Gasteiger partial charge in [0.2, 0.25) is 0 Å². The van der Waals surface area contributed by atoms with Gasteiger partial charge in [-0.2, -0.15) is 5.26 Å². The highest BCUT2D eigenvalue weighted by molar-refractivity contribution is 5.37. The van der Waals surface area contributed by atoms with Crippen LogP contribution in [0.4, 0.5) is 0 Å². The fourth-order valence-corrected chi connectivity index (χ4v) is 2.63. The number of hydrogen-bond acceptors (Lipinski definition) is 3. The van der Waals surface area contributed by atoms with E-state index in [2.05, 4.69) is 35.8 Å². The molecule has 19 heavy (non-hydrogen) atoms. The van der Waals surface area contributed by atoms with E-state index in [1.54, 1.807) is 0 Å². The van der Waals surface area contributed by atoms with Crippen molar-refractivity contribution in [1.29, 1.82) is 5.26 Å². The Kier molecular flexibility index (Phi) is 4.95. The van der Waals surface area contributed by atoms with E-state index in [1.807, 2.05) is 18.2 Å². The molecule has 3 heteroatoms. The summed E-state index contributed by atoms with van der Waals surface area (Å²) in [7, 11) is 0. The molecule has 0 aliphatic carbocycles. The molecular formula is C16H23N3. The maximum Gasteiger partial charge on any atom is 0.0995 e. The van der Waals surface area contributed by atoms with Crippen molar-refractivity contribution in [2.24, 2.45) is 0 Å². The minimum Gasteiger partial charge on any atom is -0.298 e. The third-order valence-corrected chi connectivity index (χ3v) is 4.15. The van der Waals surface area contributed by atoms with Gasteiger partial charge in [0.15, 0.2) is 0 Å². The highest BCUT2D eigenvalue weighted by Crippen LogP contribution is 2.14. The Labute approximate surface area is 116 Å². The van der Waals surface area contributed by atoms with Gasteiger partial charge in [-0.3, -0.25) is 9.80 Å². The molecule has 2 rings (SSSR count). The average Bonchev–Trinajstić information content (AvgIpc) is 2.48. The molecule has 0 N–H and O–H groups in total. The van der Waals surface area contributed by atoms with Crippen LogP contribution in [0.5, 0.6) is 0 Å². The summed E-state index contributed by atoms with van der Waals surface area (Å²) in [5.41, 5.74) is 1.97. The van der Waals surface area contributed by atoms with Gasteiger partial charge in [-0.25, -0.2) is 0 Å². The van der Waals surface area contributed by atoms with Gasteiger partial charge in [0.05, 0.1) is 11.6 Å². The fraction of sp³-hybridized carbons (Fsp3) is 0.562. The lowest BCUT2D eigenvalue weighted by Gasteiger charge is -2.37. The van der Waals surface area contributed by atoms with Crippen molar-refractivity contribution in [3.05, 3.63) is 35.4 Å². The largest absolute Gasteiger partial charge is 0.298 e. The molecule has 102 valence electrons. The van der Waals surface area contributed by atoms with Crippen molar-refractivity contribution in [3.8, 4) is 6.07 Å². The van der Waals surface area contributed by atoms with E-state index < -0.39 is 0 Å². The van der Waals surface area contributed by atoms with Crippen LogP contribution in [0.15, 0.2) is 24.3 Å². The second-order valence-corrected chi connectivity index (χ2v) is 5.34. The fourth-order valence-electron chi connectivity index (χ4n) is 2.63. The Morgan fingerprint density at radius 3 is 2.53 bits per heavy atom. The minimum atomic E-state index is 0.688. The summed E-state index contributed by atoms with van der Waals surface area (Å²) in [5, 5.41) is 9.12. The van der Waals surface area contributed by atoms with E-state index >= 15 is 0 Å². The first kappa shape index (κ1) is 14.0. The smallest absolute Gasteiger partial charge is 0.0995 e. The normalized spacial score (nSPS) is 19.0. The third kappa shape index (κ3) is 3.56. The van der Waals surface area contributed by atoms with Gasteiger partial charge in [-0.15, -0.1) is 0 Å². The van der Waals surface area contributed by atoms with Gasteiger partial charge in [0, 0.05) is 38.8 Å². The van der Waals surface area contributed by atoms with Crippen molar-refractivity contribution in [1.82, 2.24) is 9.80 Å². The van der Waals surface area contributed by atoms with E-state index in [0.29, 0.717) is 6.04 Å². The molecule has 0 aromatic heterocycles. The van der Waals surface area contributed by atoms with Crippen molar-refractivity contribution in [2.45, 2.75) is 32.9 Å². The van der Waals surface area contributed by atoms with Gasteiger partial charge >= 0.3 is 0 Å². The molecule has 1 fully saturated rings. The molecule has 1 unspecified atom stereocenters. The SMILES string of the molecule is CCC(C)N1CCN(Cc2ccccc2C#N)CC1. The van der Waals surface area contributed by atoms with Crippen LogP contribution in [0.3, 0.4) is 0 Å². The highest BCUT2D eigenvalue weighted by Gasteiger charge is 2.20. The molecule has 3 nitrogen and oxygen atoms in total. The first-order valence-corrected chi connectivity index (χ1v) is 7.19. The van der Waals surface area contributed by atoms with Gasteiger partial charge in [-0.1, -0.05) is 25.1 Å². The Hall–Kier alpha value is -1.37. The third-order valence-electron chi connectivity index (χ3n) is 4.15. The molecule has 1 saturated heterocycles. The maximum absolute atomic E-state index is 9.12. The Bertz CT molecular complexity index is 442. The Morgan fingerprint density at radius 1 is 1.21 bits per heavy atom. The molecular weight excluding hydrogens is 234 g/mol. The van der Waals surface area contributed by atoms with E-state index in [4.69, 9.17) is 5.26 Å². The van der Waals surface area contributed by atoms with Crippen LogP contribution in [-0.4, -0.2) is 42.0 Å². The summed E-state index contributed by atoms with van der Waals surface area (Å²) in [5.74, 6) is 0. The first-order chi connectivity index (χ1) is 9.24. The molecule has 0 amide bonds. The lowest BCUT2D eigenvalue weighted by Crippen LogP contribution is -2.49. The van der Waals surface area contributed by atoms with Crippen LogP contribution in [-0.2, 0) is 6.54 Å². The van der Waals surface area contributed by atoms with Crippen molar-refractivity contribution < 1.29 is 0 Å².